The van der Waals surface area contributed by atoms with E-state index < -0.39 is 0 Å². The second-order valence-electron chi connectivity index (χ2n) is 4.31. The molecule has 1 aromatic heterocycles. The van der Waals surface area contributed by atoms with Gasteiger partial charge in [-0.15, -0.1) is 0 Å². The summed E-state index contributed by atoms with van der Waals surface area (Å²) < 4.78 is 6.88. The molecule has 0 atom stereocenters. The van der Waals surface area contributed by atoms with E-state index in [2.05, 4.69) is 32.8 Å². The van der Waals surface area contributed by atoms with Crippen LogP contribution in [0, 0.1) is 6.92 Å². The first-order chi connectivity index (χ1) is 9.11. The molecule has 0 bridgehead atoms. The van der Waals surface area contributed by atoms with Crippen molar-refractivity contribution in [2.45, 2.75) is 26.7 Å². The third kappa shape index (κ3) is 3.23. The minimum atomic E-state index is 0.487. The van der Waals surface area contributed by atoms with Crippen LogP contribution < -0.4 is 10.5 Å². The Balaban J connectivity index is 2.32. The minimum Gasteiger partial charge on any atom is -0.439 e. The molecule has 0 aliphatic heterocycles. The molecule has 0 spiro atoms. The highest BCUT2D eigenvalue weighted by atomic mass is 79.9. The molecule has 1 heterocycles. The van der Waals surface area contributed by atoms with Crippen LogP contribution in [0.4, 0.5) is 5.82 Å². The summed E-state index contributed by atoms with van der Waals surface area (Å²) in [7, 11) is 0. The number of hydrogen-bond donors (Lipinski definition) is 1. The van der Waals surface area contributed by atoms with Crippen molar-refractivity contribution in [3.05, 3.63) is 40.1 Å². The molecule has 19 heavy (non-hydrogen) atoms. The lowest BCUT2D eigenvalue weighted by Gasteiger charge is -2.11. The van der Waals surface area contributed by atoms with E-state index in [4.69, 9.17) is 10.5 Å². The summed E-state index contributed by atoms with van der Waals surface area (Å²) in [6.45, 7) is 4.10. The molecule has 2 aromatic rings. The normalized spacial score (nSPS) is 10.5. The molecule has 4 nitrogen and oxygen atoms in total. The molecular formula is C14H16BrN3O. The second kappa shape index (κ2) is 6.02. The zero-order valence-electron chi connectivity index (χ0n) is 11.0. The minimum absolute atomic E-state index is 0.487. The highest BCUT2D eigenvalue weighted by Crippen LogP contribution is 2.29. The number of benzene rings is 1. The Kier molecular flexibility index (Phi) is 4.37. The Morgan fingerprint density at radius 2 is 2.11 bits per heavy atom. The van der Waals surface area contributed by atoms with Crippen LogP contribution in [0.3, 0.4) is 0 Å². The van der Waals surface area contributed by atoms with Gasteiger partial charge in [0.1, 0.15) is 17.9 Å². The summed E-state index contributed by atoms with van der Waals surface area (Å²) in [4.78, 5) is 8.19. The van der Waals surface area contributed by atoms with Crippen LogP contribution in [0.25, 0.3) is 0 Å². The van der Waals surface area contributed by atoms with Crippen molar-refractivity contribution in [2.75, 3.05) is 5.73 Å². The van der Waals surface area contributed by atoms with Gasteiger partial charge in [0, 0.05) is 4.47 Å². The first-order valence-corrected chi connectivity index (χ1v) is 6.94. The molecule has 100 valence electrons. The summed E-state index contributed by atoms with van der Waals surface area (Å²) >= 11 is 3.46. The summed E-state index contributed by atoms with van der Waals surface area (Å²) in [5.41, 5.74) is 7.85. The summed E-state index contributed by atoms with van der Waals surface area (Å²) in [6.07, 6.45) is 3.19. The topological polar surface area (TPSA) is 61.0 Å². The number of anilines is 1. The number of rotatable bonds is 4. The Morgan fingerprint density at radius 1 is 1.32 bits per heavy atom. The van der Waals surface area contributed by atoms with Crippen molar-refractivity contribution in [3.8, 4) is 11.6 Å². The Morgan fingerprint density at radius 3 is 2.79 bits per heavy atom. The zero-order chi connectivity index (χ0) is 13.8. The molecule has 2 N–H and O–H groups in total. The van der Waals surface area contributed by atoms with Gasteiger partial charge in [0.15, 0.2) is 0 Å². The predicted octanol–water partition coefficient (Wildman–Crippen LogP) is 3.87. The third-order valence-electron chi connectivity index (χ3n) is 2.78. The molecule has 0 unspecified atom stereocenters. The third-order valence-corrected chi connectivity index (χ3v) is 3.67. The standard InChI is InChI=1S/C14H16BrN3O/c1-3-4-11-13(16)17-8-18-14(11)19-10-5-6-12(15)9(2)7-10/h5-8H,3-4H2,1-2H3,(H2,16,17,18). The van der Waals surface area contributed by atoms with E-state index in [1.54, 1.807) is 0 Å². The van der Waals surface area contributed by atoms with Gasteiger partial charge in [-0.05, 0) is 37.1 Å². The number of nitrogens with two attached hydrogens (primary N) is 1. The van der Waals surface area contributed by atoms with Crippen molar-refractivity contribution in [3.63, 3.8) is 0 Å². The zero-order valence-corrected chi connectivity index (χ0v) is 12.6. The predicted molar refractivity (Wildman–Crippen MR) is 79.4 cm³/mol. The Bertz CT molecular complexity index is 587. The van der Waals surface area contributed by atoms with Crippen LogP contribution in [0.2, 0.25) is 0 Å². The van der Waals surface area contributed by atoms with Gasteiger partial charge in [-0.1, -0.05) is 29.3 Å². The lowest BCUT2D eigenvalue weighted by atomic mass is 10.2. The Hall–Kier alpha value is -1.62. The highest BCUT2D eigenvalue weighted by molar-refractivity contribution is 9.10. The van der Waals surface area contributed by atoms with Crippen LogP contribution in [0.15, 0.2) is 29.0 Å². The average molecular weight is 322 g/mol. The van der Waals surface area contributed by atoms with E-state index in [0.717, 1.165) is 34.2 Å². The molecule has 1 aromatic carbocycles. The van der Waals surface area contributed by atoms with Gasteiger partial charge < -0.3 is 10.5 Å². The number of nitrogens with zero attached hydrogens (tertiary/aromatic N) is 2. The quantitative estimate of drug-likeness (QED) is 0.928. The number of aromatic nitrogens is 2. The maximum absolute atomic E-state index is 5.88. The number of nitrogen functional groups attached to an aromatic ring is 1. The van der Waals surface area contributed by atoms with Gasteiger partial charge >= 0.3 is 0 Å². The average Bonchev–Trinajstić information content (AvgIpc) is 2.38. The maximum Gasteiger partial charge on any atom is 0.227 e. The van der Waals surface area contributed by atoms with E-state index in [0.29, 0.717) is 11.7 Å². The SMILES string of the molecule is CCCc1c(N)ncnc1Oc1ccc(Br)c(C)c1. The second-order valence-corrected chi connectivity index (χ2v) is 5.16. The van der Waals surface area contributed by atoms with Crippen molar-refractivity contribution >= 4 is 21.7 Å². The highest BCUT2D eigenvalue weighted by Gasteiger charge is 2.11. The van der Waals surface area contributed by atoms with Crippen LogP contribution >= 0.6 is 15.9 Å². The fourth-order valence-electron chi connectivity index (χ4n) is 1.77. The molecule has 0 saturated heterocycles. The fourth-order valence-corrected chi connectivity index (χ4v) is 2.02. The molecule has 0 fully saturated rings. The number of halogens is 1. The molecule has 0 aliphatic carbocycles. The fraction of sp³-hybridized carbons (Fsp3) is 0.286. The first-order valence-electron chi connectivity index (χ1n) is 6.15. The van der Waals surface area contributed by atoms with Crippen molar-refractivity contribution < 1.29 is 4.74 Å². The van der Waals surface area contributed by atoms with Crippen LogP contribution in [-0.4, -0.2) is 9.97 Å². The number of hydrogen-bond acceptors (Lipinski definition) is 4. The maximum atomic E-state index is 5.88. The van der Waals surface area contributed by atoms with Crippen molar-refractivity contribution in [1.29, 1.82) is 0 Å². The van der Waals surface area contributed by atoms with Crippen LogP contribution in [0.5, 0.6) is 11.6 Å². The molecule has 2 rings (SSSR count). The molecule has 0 aliphatic rings. The van der Waals surface area contributed by atoms with Crippen LogP contribution in [0.1, 0.15) is 24.5 Å². The van der Waals surface area contributed by atoms with E-state index in [9.17, 15) is 0 Å². The van der Waals surface area contributed by atoms with Gasteiger partial charge in [0.05, 0.1) is 5.56 Å². The smallest absolute Gasteiger partial charge is 0.227 e. The lowest BCUT2D eigenvalue weighted by Crippen LogP contribution is -2.02. The van der Waals surface area contributed by atoms with E-state index in [1.165, 1.54) is 6.33 Å². The van der Waals surface area contributed by atoms with E-state index >= 15 is 0 Å². The van der Waals surface area contributed by atoms with Gasteiger partial charge in [-0.3, -0.25) is 0 Å². The van der Waals surface area contributed by atoms with Crippen molar-refractivity contribution in [2.24, 2.45) is 0 Å². The molecule has 0 radical (unpaired) electrons. The van der Waals surface area contributed by atoms with Gasteiger partial charge in [-0.2, -0.15) is 0 Å². The largest absolute Gasteiger partial charge is 0.439 e. The summed E-state index contributed by atoms with van der Waals surface area (Å²) in [5, 5.41) is 0. The van der Waals surface area contributed by atoms with E-state index in [-0.39, 0.29) is 0 Å². The molecular weight excluding hydrogens is 306 g/mol. The summed E-state index contributed by atoms with van der Waals surface area (Å²) in [5.74, 6) is 1.77. The lowest BCUT2D eigenvalue weighted by molar-refractivity contribution is 0.454. The van der Waals surface area contributed by atoms with Crippen molar-refractivity contribution in [1.82, 2.24) is 9.97 Å². The van der Waals surface area contributed by atoms with Gasteiger partial charge in [0.2, 0.25) is 5.88 Å². The monoisotopic (exact) mass is 321 g/mol. The molecule has 0 amide bonds. The molecule has 0 saturated carbocycles. The van der Waals surface area contributed by atoms with Gasteiger partial charge in [-0.25, -0.2) is 9.97 Å². The van der Waals surface area contributed by atoms with E-state index in [1.807, 2.05) is 25.1 Å². The number of aryl methyl sites for hydroxylation is 1. The first kappa shape index (κ1) is 13.8. The number of ether oxygens (including phenoxy) is 1. The van der Waals surface area contributed by atoms with Gasteiger partial charge in [0.25, 0.3) is 0 Å². The van der Waals surface area contributed by atoms with Crippen LogP contribution in [-0.2, 0) is 6.42 Å². The molecule has 5 heteroatoms. The Labute approximate surface area is 121 Å². The summed E-state index contributed by atoms with van der Waals surface area (Å²) in [6, 6.07) is 5.80.